The van der Waals surface area contributed by atoms with E-state index in [1.807, 2.05) is 6.07 Å². The van der Waals surface area contributed by atoms with Crippen molar-refractivity contribution in [3.8, 4) is 6.07 Å². The van der Waals surface area contributed by atoms with Crippen LogP contribution in [0.25, 0.3) is 0 Å². The molecule has 0 radical (unpaired) electrons. The zero-order valence-corrected chi connectivity index (χ0v) is 11.5. The molecule has 2 amide bonds. The Balaban J connectivity index is 1.96. The lowest BCUT2D eigenvalue weighted by Gasteiger charge is -2.05. The summed E-state index contributed by atoms with van der Waals surface area (Å²) in [6.45, 7) is 0.0601. The Morgan fingerprint density at radius 2 is 2.00 bits per heavy atom. The summed E-state index contributed by atoms with van der Waals surface area (Å²) in [5, 5.41) is 17.6. The highest BCUT2D eigenvalue weighted by atomic mass is 35.5. The van der Waals surface area contributed by atoms with E-state index in [0.29, 0.717) is 16.4 Å². The Bertz CT molecular complexity index is 719. The fourth-order valence-corrected chi connectivity index (χ4v) is 1.72. The maximum absolute atomic E-state index is 11.7. The zero-order chi connectivity index (χ0) is 15.2. The molecule has 0 unspecified atom stereocenters. The average Bonchev–Trinajstić information content (AvgIpc) is 2.86. The van der Waals surface area contributed by atoms with E-state index < -0.39 is 11.8 Å². The van der Waals surface area contributed by atoms with E-state index in [9.17, 15) is 9.59 Å². The molecule has 0 spiro atoms. The lowest BCUT2D eigenvalue weighted by atomic mass is 10.3. The molecule has 0 bridgehead atoms. The molecule has 1 heterocycles. The highest BCUT2D eigenvalue weighted by molar-refractivity contribution is 6.43. The minimum absolute atomic E-state index is 0.0601. The van der Waals surface area contributed by atoms with E-state index in [2.05, 4.69) is 15.7 Å². The minimum Gasteiger partial charge on any atom is -0.318 e. The van der Waals surface area contributed by atoms with Gasteiger partial charge in [0.1, 0.15) is 6.54 Å². The number of benzene rings is 1. The van der Waals surface area contributed by atoms with Gasteiger partial charge in [-0.15, -0.1) is 0 Å². The Morgan fingerprint density at radius 3 is 2.67 bits per heavy atom. The van der Waals surface area contributed by atoms with Gasteiger partial charge in [0, 0.05) is 16.9 Å². The van der Waals surface area contributed by atoms with Gasteiger partial charge in [-0.05, 0) is 18.2 Å². The maximum atomic E-state index is 11.7. The van der Waals surface area contributed by atoms with Crippen molar-refractivity contribution in [2.75, 3.05) is 10.6 Å². The number of nitriles is 1. The van der Waals surface area contributed by atoms with E-state index >= 15 is 0 Å². The van der Waals surface area contributed by atoms with Crippen molar-refractivity contribution < 1.29 is 9.59 Å². The molecule has 1 aromatic heterocycles. The highest BCUT2D eigenvalue weighted by Crippen LogP contribution is 2.14. The Hall–Kier alpha value is -2.85. The van der Waals surface area contributed by atoms with Gasteiger partial charge in [-0.1, -0.05) is 17.7 Å². The number of rotatable bonds is 3. The first-order valence-electron chi connectivity index (χ1n) is 5.86. The smallest absolute Gasteiger partial charge is 0.314 e. The second-order valence-corrected chi connectivity index (χ2v) is 4.44. The SMILES string of the molecule is N#CCn1cc(NC(=O)C(=O)Nc2cccc(Cl)c2)cn1. The number of carbonyl (C=O) groups excluding carboxylic acids is 2. The van der Waals surface area contributed by atoms with Crippen LogP contribution in [-0.4, -0.2) is 21.6 Å². The molecule has 0 saturated heterocycles. The molecule has 106 valence electrons. The number of aromatic nitrogens is 2. The van der Waals surface area contributed by atoms with Crippen LogP contribution in [0.15, 0.2) is 36.7 Å². The molecule has 0 aliphatic heterocycles. The lowest BCUT2D eigenvalue weighted by molar-refractivity contribution is -0.132. The van der Waals surface area contributed by atoms with Crippen LogP contribution in [0.2, 0.25) is 5.02 Å². The van der Waals surface area contributed by atoms with Crippen LogP contribution in [0.1, 0.15) is 0 Å². The molecule has 2 rings (SSSR count). The topological polar surface area (TPSA) is 99.8 Å². The molecule has 8 heteroatoms. The number of nitrogens with one attached hydrogen (secondary N) is 2. The first-order chi connectivity index (χ1) is 10.1. The summed E-state index contributed by atoms with van der Waals surface area (Å²) in [5.41, 5.74) is 0.749. The lowest BCUT2D eigenvalue weighted by Crippen LogP contribution is -2.28. The van der Waals surface area contributed by atoms with Gasteiger partial charge in [-0.2, -0.15) is 10.4 Å². The second-order valence-electron chi connectivity index (χ2n) is 4.00. The van der Waals surface area contributed by atoms with Crippen LogP contribution in [0, 0.1) is 11.3 Å². The normalized spacial score (nSPS) is 9.71. The van der Waals surface area contributed by atoms with Crippen molar-refractivity contribution in [1.29, 1.82) is 5.26 Å². The van der Waals surface area contributed by atoms with Gasteiger partial charge in [0.2, 0.25) is 0 Å². The fourth-order valence-electron chi connectivity index (χ4n) is 1.53. The summed E-state index contributed by atoms with van der Waals surface area (Å²) in [4.78, 5) is 23.4. The van der Waals surface area contributed by atoms with Crippen molar-refractivity contribution in [1.82, 2.24) is 9.78 Å². The van der Waals surface area contributed by atoms with Crippen LogP contribution < -0.4 is 10.6 Å². The van der Waals surface area contributed by atoms with Crippen molar-refractivity contribution in [3.63, 3.8) is 0 Å². The zero-order valence-electron chi connectivity index (χ0n) is 10.7. The Labute approximate surface area is 125 Å². The van der Waals surface area contributed by atoms with E-state index in [-0.39, 0.29) is 6.54 Å². The van der Waals surface area contributed by atoms with Gasteiger partial charge in [-0.25, -0.2) is 0 Å². The van der Waals surface area contributed by atoms with Gasteiger partial charge in [0.15, 0.2) is 0 Å². The third-order valence-electron chi connectivity index (χ3n) is 2.41. The summed E-state index contributed by atoms with van der Waals surface area (Å²) in [6, 6.07) is 8.35. The van der Waals surface area contributed by atoms with Crippen LogP contribution >= 0.6 is 11.6 Å². The van der Waals surface area contributed by atoms with Crippen molar-refractivity contribution in [2.45, 2.75) is 6.54 Å². The first kappa shape index (κ1) is 14.6. The molecule has 0 aliphatic carbocycles. The van der Waals surface area contributed by atoms with Gasteiger partial charge in [-0.3, -0.25) is 14.3 Å². The van der Waals surface area contributed by atoms with Crippen LogP contribution in [0.5, 0.6) is 0 Å². The number of amides is 2. The molecule has 0 atom stereocenters. The summed E-state index contributed by atoms with van der Waals surface area (Å²) < 4.78 is 1.34. The van der Waals surface area contributed by atoms with Gasteiger partial charge < -0.3 is 10.6 Å². The van der Waals surface area contributed by atoms with Crippen LogP contribution in [-0.2, 0) is 16.1 Å². The van der Waals surface area contributed by atoms with Crippen molar-refractivity contribution >= 4 is 34.8 Å². The average molecular weight is 304 g/mol. The number of carbonyl (C=O) groups is 2. The number of hydrogen-bond acceptors (Lipinski definition) is 4. The number of halogens is 1. The predicted octanol–water partition coefficient (Wildman–Crippen LogP) is 1.64. The predicted molar refractivity (Wildman–Crippen MR) is 76.6 cm³/mol. The fraction of sp³-hybridized carbons (Fsp3) is 0.0769. The Kier molecular flexibility index (Phi) is 4.53. The second kappa shape index (κ2) is 6.54. The summed E-state index contributed by atoms with van der Waals surface area (Å²) in [6.07, 6.45) is 2.80. The Morgan fingerprint density at radius 1 is 1.29 bits per heavy atom. The molecule has 0 fully saturated rings. The maximum Gasteiger partial charge on any atom is 0.314 e. The monoisotopic (exact) mass is 303 g/mol. The van der Waals surface area contributed by atoms with Gasteiger partial charge in [0.05, 0.1) is 18.0 Å². The summed E-state index contributed by atoms with van der Waals surface area (Å²) in [5.74, 6) is -1.67. The molecular weight excluding hydrogens is 294 g/mol. The molecular formula is C13H10ClN5O2. The van der Waals surface area contributed by atoms with Crippen LogP contribution in [0.4, 0.5) is 11.4 Å². The van der Waals surface area contributed by atoms with E-state index in [0.717, 1.165) is 0 Å². The molecule has 0 aliphatic rings. The molecule has 0 saturated carbocycles. The standard InChI is InChI=1S/C13H10ClN5O2/c14-9-2-1-3-10(6-9)17-12(20)13(21)18-11-7-16-19(8-11)5-4-15/h1-3,6-8H,5H2,(H,17,20)(H,18,21). The van der Waals surface area contributed by atoms with Gasteiger partial charge in [0.25, 0.3) is 0 Å². The number of anilines is 2. The molecule has 21 heavy (non-hydrogen) atoms. The third kappa shape index (κ3) is 4.06. The summed E-state index contributed by atoms with van der Waals surface area (Å²) >= 11 is 5.78. The number of hydrogen-bond donors (Lipinski definition) is 2. The molecule has 1 aromatic carbocycles. The highest BCUT2D eigenvalue weighted by Gasteiger charge is 2.14. The van der Waals surface area contributed by atoms with E-state index in [1.54, 1.807) is 18.2 Å². The molecule has 2 aromatic rings. The van der Waals surface area contributed by atoms with Crippen LogP contribution in [0.3, 0.4) is 0 Å². The molecule has 2 N–H and O–H groups in total. The third-order valence-corrected chi connectivity index (χ3v) is 2.65. The van der Waals surface area contributed by atoms with Gasteiger partial charge >= 0.3 is 11.8 Å². The molecule has 7 nitrogen and oxygen atoms in total. The van der Waals surface area contributed by atoms with Crippen molar-refractivity contribution in [3.05, 3.63) is 41.7 Å². The van der Waals surface area contributed by atoms with E-state index in [1.165, 1.54) is 23.1 Å². The first-order valence-corrected chi connectivity index (χ1v) is 6.23. The number of nitrogens with zero attached hydrogens (tertiary/aromatic N) is 3. The van der Waals surface area contributed by atoms with Crippen molar-refractivity contribution in [2.24, 2.45) is 0 Å². The minimum atomic E-state index is -0.841. The van der Waals surface area contributed by atoms with E-state index in [4.69, 9.17) is 16.9 Å². The largest absolute Gasteiger partial charge is 0.318 e. The quantitative estimate of drug-likeness (QED) is 0.842. The summed E-state index contributed by atoms with van der Waals surface area (Å²) in [7, 11) is 0.